The van der Waals surface area contributed by atoms with Crippen LogP contribution in [0.2, 0.25) is 0 Å². The molecule has 104 valence electrons. The van der Waals surface area contributed by atoms with E-state index in [1.54, 1.807) is 6.20 Å². The Morgan fingerprint density at radius 3 is 2.65 bits per heavy atom. The zero-order valence-corrected chi connectivity index (χ0v) is 11.7. The Morgan fingerprint density at radius 1 is 1.35 bits per heavy atom. The number of ketones is 1. The monoisotopic (exact) mass is 269 g/mol. The van der Waals surface area contributed by atoms with Crippen molar-refractivity contribution < 1.29 is 4.79 Å². The van der Waals surface area contributed by atoms with Gasteiger partial charge in [0.2, 0.25) is 0 Å². The molecule has 0 saturated heterocycles. The third kappa shape index (κ3) is 2.11. The smallest absolute Gasteiger partial charge is 0.176 e. The van der Waals surface area contributed by atoms with Gasteiger partial charge in [0, 0.05) is 18.4 Å². The standard InChI is InChI=1S/C16H19N3O/c1-2-9-19-11-12(10-18-19)15(20)16(7-8-16)13-3-5-14(17)6-4-13/h3-6,10-11H,2,7-9,17H2,1H3. The number of rotatable bonds is 5. The molecule has 1 saturated carbocycles. The zero-order chi connectivity index (χ0) is 14.2. The van der Waals surface area contributed by atoms with Crippen molar-refractivity contribution >= 4 is 11.5 Å². The predicted octanol–water partition coefficient (Wildman–Crippen LogP) is 2.79. The van der Waals surface area contributed by atoms with Gasteiger partial charge < -0.3 is 5.73 Å². The van der Waals surface area contributed by atoms with Gasteiger partial charge in [-0.1, -0.05) is 19.1 Å². The van der Waals surface area contributed by atoms with Crippen molar-refractivity contribution in [3.63, 3.8) is 0 Å². The Balaban J connectivity index is 1.87. The molecule has 1 aromatic heterocycles. The zero-order valence-electron chi connectivity index (χ0n) is 11.7. The number of nitrogens with zero attached hydrogens (tertiary/aromatic N) is 2. The number of nitrogens with two attached hydrogens (primary N) is 1. The van der Waals surface area contributed by atoms with Gasteiger partial charge in [0.1, 0.15) is 0 Å². The van der Waals surface area contributed by atoms with Crippen LogP contribution in [0.3, 0.4) is 0 Å². The first-order valence-electron chi connectivity index (χ1n) is 7.09. The second kappa shape index (κ2) is 4.78. The van der Waals surface area contributed by atoms with Gasteiger partial charge in [-0.3, -0.25) is 9.48 Å². The van der Waals surface area contributed by atoms with Crippen LogP contribution in [0.15, 0.2) is 36.7 Å². The number of aryl methyl sites for hydroxylation is 1. The summed E-state index contributed by atoms with van der Waals surface area (Å²) in [5, 5.41) is 4.25. The molecule has 0 radical (unpaired) electrons. The number of carbonyl (C=O) groups excluding carboxylic acids is 1. The molecule has 2 aromatic rings. The van der Waals surface area contributed by atoms with Crippen molar-refractivity contribution in [3.8, 4) is 0 Å². The molecule has 2 N–H and O–H groups in total. The topological polar surface area (TPSA) is 60.9 Å². The van der Waals surface area contributed by atoms with Gasteiger partial charge in [0.25, 0.3) is 0 Å². The average Bonchev–Trinajstić information content (AvgIpc) is 3.13. The lowest BCUT2D eigenvalue weighted by Gasteiger charge is -2.13. The normalized spacial score (nSPS) is 16.1. The maximum Gasteiger partial charge on any atom is 0.176 e. The van der Waals surface area contributed by atoms with Crippen LogP contribution < -0.4 is 5.73 Å². The van der Waals surface area contributed by atoms with Crippen LogP contribution in [0.25, 0.3) is 0 Å². The number of carbonyl (C=O) groups is 1. The SMILES string of the molecule is CCCn1cc(C(=O)C2(c3ccc(N)cc3)CC2)cn1. The van der Waals surface area contributed by atoms with Gasteiger partial charge in [-0.15, -0.1) is 0 Å². The molecule has 3 rings (SSSR count). The van der Waals surface area contributed by atoms with E-state index in [4.69, 9.17) is 5.73 Å². The van der Waals surface area contributed by atoms with E-state index in [1.165, 1.54) is 0 Å². The lowest BCUT2D eigenvalue weighted by Crippen LogP contribution is -2.20. The van der Waals surface area contributed by atoms with Crippen LogP contribution in [0.4, 0.5) is 5.69 Å². The van der Waals surface area contributed by atoms with Crippen molar-refractivity contribution in [2.24, 2.45) is 0 Å². The minimum absolute atomic E-state index is 0.185. The molecular formula is C16H19N3O. The van der Waals surface area contributed by atoms with Gasteiger partial charge in [0.15, 0.2) is 5.78 Å². The highest BCUT2D eigenvalue weighted by Crippen LogP contribution is 2.50. The number of nitrogen functional groups attached to an aromatic ring is 1. The third-order valence-corrected chi connectivity index (χ3v) is 4.00. The minimum atomic E-state index is -0.340. The molecule has 1 aliphatic carbocycles. The first kappa shape index (κ1) is 12.9. The molecule has 4 heteroatoms. The van der Waals surface area contributed by atoms with Crippen LogP contribution in [0, 0.1) is 0 Å². The lowest BCUT2D eigenvalue weighted by atomic mass is 9.88. The highest BCUT2D eigenvalue weighted by molar-refractivity contribution is 6.05. The number of hydrogen-bond donors (Lipinski definition) is 1. The van der Waals surface area contributed by atoms with Crippen molar-refractivity contribution in [3.05, 3.63) is 47.8 Å². The van der Waals surface area contributed by atoms with Crippen molar-refractivity contribution in [2.45, 2.75) is 38.1 Å². The first-order valence-corrected chi connectivity index (χ1v) is 7.09. The van der Waals surface area contributed by atoms with E-state index in [2.05, 4.69) is 12.0 Å². The summed E-state index contributed by atoms with van der Waals surface area (Å²) in [7, 11) is 0. The predicted molar refractivity (Wildman–Crippen MR) is 78.6 cm³/mol. The minimum Gasteiger partial charge on any atom is -0.399 e. The van der Waals surface area contributed by atoms with Crippen LogP contribution in [-0.4, -0.2) is 15.6 Å². The quantitative estimate of drug-likeness (QED) is 0.670. The van der Waals surface area contributed by atoms with Crippen molar-refractivity contribution in [1.29, 1.82) is 0 Å². The molecule has 0 unspecified atom stereocenters. The third-order valence-electron chi connectivity index (χ3n) is 4.00. The van der Waals surface area contributed by atoms with E-state index in [0.717, 1.165) is 37.1 Å². The largest absolute Gasteiger partial charge is 0.399 e. The molecule has 20 heavy (non-hydrogen) atoms. The molecule has 1 aliphatic rings. The van der Waals surface area contributed by atoms with E-state index < -0.39 is 0 Å². The second-order valence-corrected chi connectivity index (χ2v) is 5.53. The van der Waals surface area contributed by atoms with Gasteiger partial charge in [-0.2, -0.15) is 5.10 Å². The summed E-state index contributed by atoms with van der Waals surface area (Å²) in [6.07, 6.45) is 6.39. The summed E-state index contributed by atoms with van der Waals surface area (Å²) in [6.45, 7) is 2.95. The van der Waals surface area contributed by atoms with Crippen LogP contribution in [0.5, 0.6) is 0 Å². The maximum absolute atomic E-state index is 12.7. The summed E-state index contributed by atoms with van der Waals surface area (Å²) in [5.41, 5.74) is 7.89. The Kier molecular flexibility index (Phi) is 3.08. The van der Waals surface area contributed by atoms with E-state index in [-0.39, 0.29) is 11.2 Å². The van der Waals surface area contributed by atoms with Crippen molar-refractivity contribution in [1.82, 2.24) is 9.78 Å². The molecule has 0 aliphatic heterocycles. The highest BCUT2D eigenvalue weighted by atomic mass is 16.1. The fraction of sp³-hybridized carbons (Fsp3) is 0.375. The van der Waals surface area contributed by atoms with Crippen LogP contribution >= 0.6 is 0 Å². The Morgan fingerprint density at radius 2 is 2.05 bits per heavy atom. The van der Waals surface area contributed by atoms with E-state index in [9.17, 15) is 4.79 Å². The van der Waals surface area contributed by atoms with Crippen molar-refractivity contribution in [2.75, 3.05) is 5.73 Å². The highest BCUT2D eigenvalue weighted by Gasteiger charge is 2.51. The molecule has 0 amide bonds. The number of hydrogen-bond acceptors (Lipinski definition) is 3. The second-order valence-electron chi connectivity index (χ2n) is 5.53. The molecule has 0 bridgehead atoms. The van der Waals surface area contributed by atoms with E-state index in [0.29, 0.717) is 5.56 Å². The number of benzene rings is 1. The van der Waals surface area contributed by atoms with Gasteiger partial charge in [0.05, 0.1) is 17.2 Å². The summed E-state index contributed by atoms with van der Waals surface area (Å²) >= 11 is 0. The summed E-state index contributed by atoms with van der Waals surface area (Å²) in [5.74, 6) is 0.185. The number of Topliss-reactive ketones (excluding diaryl/α,β-unsaturated/α-hetero) is 1. The Bertz CT molecular complexity index is 623. The van der Waals surface area contributed by atoms with Crippen LogP contribution in [-0.2, 0) is 12.0 Å². The van der Waals surface area contributed by atoms with E-state index in [1.807, 2.05) is 35.1 Å². The van der Waals surface area contributed by atoms with Gasteiger partial charge in [-0.05, 0) is 37.0 Å². The summed E-state index contributed by atoms with van der Waals surface area (Å²) in [4.78, 5) is 12.7. The average molecular weight is 269 g/mol. The Hall–Kier alpha value is -2.10. The summed E-state index contributed by atoms with van der Waals surface area (Å²) < 4.78 is 1.84. The molecule has 1 aromatic carbocycles. The fourth-order valence-corrected chi connectivity index (χ4v) is 2.68. The molecule has 0 spiro atoms. The molecule has 4 nitrogen and oxygen atoms in total. The van der Waals surface area contributed by atoms with Crippen LogP contribution in [0.1, 0.15) is 42.1 Å². The number of aromatic nitrogens is 2. The summed E-state index contributed by atoms with van der Waals surface area (Å²) in [6, 6.07) is 7.67. The van der Waals surface area contributed by atoms with Gasteiger partial charge >= 0.3 is 0 Å². The lowest BCUT2D eigenvalue weighted by molar-refractivity contribution is 0.0946. The Labute approximate surface area is 118 Å². The molecule has 1 fully saturated rings. The molecule has 0 atom stereocenters. The fourth-order valence-electron chi connectivity index (χ4n) is 2.68. The molecule has 1 heterocycles. The first-order chi connectivity index (χ1) is 9.65. The van der Waals surface area contributed by atoms with E-state index >= 15 is 0 Å². The maximum atomic E-state index is 12.7. The molecular weight excluding hydrogens is 250 g/mol. The van der Waals surface area contributed by atoms with Gasteiger partial charge in [-0.25, -0.2) is 0 Å². The number of anilines is 1.